The monoisotopic (exact) mass is 497 g/mol. The molecule has 0 aromatic heterocycles. The molecule has 180 valence electrons. The molecule has 0 saturated carbocycles. The number of benzene rings is 2. The first-order chi connectivity index (χ1) is 15.4. The van der Waals surface area contributed by atoms with Gasteiger partial charge in [-0.1, -0.05) is 49.7 Å². The van der Waals surface area contributed by atoms with Crippen molar-refractivity contribution in [3.8, 4) is 0 Å². The van der Waals surface area contributed by atoms with Crippen LogP contribution in [0.2, 0.25) is 5.02 Å². The zero-order valence-corrected chi connectivity index (χ0v) is 20.7. The van der Waals surface area contributed by atoms with Gasteiger partial charge in [-0.05, 0) is 37.1 Å². The number of nitrogens with zero attached hydrogens (tertiary/aromatic N) is 2. The third kappa shape index (κ3) is 7.71. The van der Waals surface area contributed by atoms with Crippen LogP contribution in [-0.2, 0) is 26.2 Å². The van der Waals surface area contributed by atoms with Crippen LogP contribution in [0.15, 0.2) is 48.5 Å². The molecule has 0 bridgehead atoms. The van der Waals surface area contributed by atoms with Crippen LogP contribution in [0.25, 0.3) is 0 Å². The van der Waals surface area contributed by atoms with Gasteiger partial charge in [0.2, 0.25) is 21.8 Å². The summed E-state index contributed by atoms with van der Waals surface area (Å²) < 4.78 is 40.2. The van der Waals surface area contributed by atoms with E-state index in [4.69, 9.17) is 11.6 Å². The van der Waals surface area contributed by atoms with E-state index in [1.807, 2.05) is 13.8 Å². The molecule has 0 aliphatic carbocycles. The zero-order valence-electron chi connectivity index (χ0n) is 19.1. The van der Waals surface area contributed by atoms with E-state index in [2.05, 4.69) is 5.32 Å². The minimum Gasteiger partial charge on any atom is -0.354 e. The largest absolute Gasteiger partial charge is 0.354 e. The minimum absolute atomic E-state index is 0.195. The quantitative estimate of drug-likeness (QED) is 0.544. The molecule has 10 heteroatoms. The molecule has 7 nitrogen and oxygen atoms in total. The van der Waals surface area contributed by atoms with E-state index in [0.717, 1.165) is 10.6 Å². The summed E-state index contributed by atoms with van der Waals surface area (Å²) in [5.41, 5.74) is 0.420. The highest BCUT2D eigenvalue weighted by atomic mass is 35.5. The normalized spacial score (nSPS) is 12.3. The van der Waals surface area contributed by atoms with Gasteiger partial charge in [0.05, 0.1) is 11.9 Å². The number of hydrogen-bond donors (Lipinski definition) is 1. The van der Waals surface area contributed by atoms with Crippen molar-refractivity contribution in [2.75, 3.05) is 23.7 Å². The fourth-order valence-electron chi connectivity index (χ4n) is 3.09. The van der Waals surface area contributed by atoms with Gasteiger partial charge in [0.25, 0.3) is 0 Å². The minimum atomic E-state index is -3.86. The van der Waals surface area contributed by atoms with Gasteiger partial charge in [0.15, 0.2) is 0 Å². The second-order valence-electron chi connectivity index (χ2n) is 8.18. The number of nitrogens with one attached hydrogen (secondary N) is 1. The molecule has 1 atom stereocenters. The molecule has 0 spiro atoms. The van der Waals surface area contributed by atoms with Crippen LogP contribution in [0.5, 0.6) is 0 Å². The van der Waals surface area contributed by atoms with Crippen LogP contribution < -0.4 is 9.62 Å². The van der Waals surface area contributed by atoms with Crippen molar-refractivity contribution in [2.24, 2.45) is 5.92 Å². The van der Waals surface area contributed by atoms with Crippen molar-refractivity contribution in [2.45, 2.75) is 33.4 Å². The number of anilines is 1. The average Bonchev–Trinajstić information content (AvgIpc) is 2.73. The number of rotatable bonds is 10. The highest BCUT2D eigenvalue weighted by Crippen LogP contribution is 2.22. The molecule has 2 aromatic rings. The van der Waals surface area contributed by atoms with Crippen LogP contribution in [0.1, 0.15) is 26.3 Å². The van der Waals surface area contributed by atoms with Gasteiger partial charge >= 0.3 is 0 Å². The highest BCUT2D eigenvalue weighted by molar-refractivity contribution is 7.92. The summed E-state index contributed by atoms with van der Waals surface area (Å²) in [5, 5.41) is 3.07. The van der Waals surface area contributed by atoms with Gasteiger partial charge in [-0.25, -0.2) is 12.8 Å². The predicted molar refractivity (Wildman–Crippen MR) is 128 cm³/mol. The Labute approximate surface area is 199 Å². The maximum absolute atomic E-state index is 14.3. The predicted octanol–water partition coefficient (Wildman–Crippen LogP) is 3.43. The van der Waals surface area contributed by atoms with Crippen LogP contribution in [0.3, 0.4) is 0 Å². The third-order valence-electron chi connectivity index (χ3n) is 4.93. The van der Waals surface area contributed by atoms with Crippen LogP contribution in [-0.4, -0.2) is 50.5 Å². The smallest absolute Gasteiger partial charge is 0.244 e. The Bertz CT molecular complexity index is 1090. The summed E-state index contributed by atoms with van der Waals surface area (Å²) in [6.07, 6.45) is 0.973. The van der Waals surface area contributed by atoms with E-state index in [9.17, 15) is 22.4 Å². The van der Waals surface area contributed by atoms with Gasteiger partial charge in [0, 0.05) is 23.7 Å². The fourth-order valence-corrected chi connectivity index (χ4v) is 4.12. The number of sulfonamides is 1. The molecule has 0 aliphatic rings. The first kappa shape index (κ1) is 26.6. The van der Waals surface area contributed by atoms with E-state index in [-0.39, 0.29) is 23.7 Å². The zero-order chi connectivity index (χ0) is 24.8. The van der Waals surface area contributed by atoms with Gasteiger partial charge in [-0.15, -0.1) is 0 Å². The number of hydrogen-bond acceptors (Lipinski definition) is 4. The Morgan fingerprint density at radius 1 is 1.09 bits per heavy atom. The SMILES string of the molecule is CC(C)CNC(=O)C(C)N(Cc1ccccc1F)C(=O)CN(c1cccc(Cl)c1)S(C)(=O)=O. The molecular weight excluding hydrogens is 469 g/mol. The van der Waals surface area contributed by atoms with Crippen molar-refractivity contribution < 1.29 is 22.4 Å². The van der Waals surface area contributed by atoms with Crippen LogP contribution in [0.4, 0.5) is 10.1 Å². The van der Waals surface area contributed by atoms with Gasteiger partial charge in [-0.3, -0.25) is 13.9 Å². The summed E-state index contributed by atoms with van der Waals surface area (Å²) in [6, 6.07) is 11.1. The number of carbonyl (C=O) groups excluding carboxylic acids is 2. The molecule has 2 amide bonds. The molecule has 2 rings (SSSR count). The second-order valence-corrected chi connectivity index (χ2v) is 10.5. The highest BCUT2D eigenvalue weighted by Gasteiger charge is 2.30. The van der Waals surface area contributed by atoms with E-state index >= 15 is 0 Å². The van der Waals surface area contributed by atoms with E-state index in [1.54, 1.807) is 18.2 Å². The maximum Gasteiger partial charge on any atom is 0.244 e. The fraction of sp³-hybridized carbons (Fsp3) is 0.391. The number of halogens is 2. The van der Waals surface area contributed by atoms with Crippen molar-refractivity contribution in [3.63, 3.8) is 0 Å². The van der Waals surface area contributed by atoms with Crippen molar-refractivity contribution in [3.05, 3.63) is 64.9 Å². The Kier molecular flexibility index (Phi) is 9.25. The molecule has 1 unspecified atom stereocenters. The lowest BCUT2D eigenvalue weighted by molar-refractivity contribution is -0.139. The first-order valence-electron chi connectivity index (χ1n) is 10.4. The molecule has 1 N–H and O–H groups in total. The van der Waals surface area contributed by atoms with E-state index < -0.39 is 40.2 Å². The van der Waals surface area contributed by atoms with E-state index in [1.165, 1.54) is 42.2 Å². The lowest BCUT2D eigenvalue weighted by Crippen LogP contribution is -2.51. The maximum atomic E-state index is 14.3. The Morgan fingerprint density at radius 2 is 1.76 bits per heavy atom. The molecule has 0 saturated heterocycles. The standard InChI is InChI=1S/C23H29ClFN3O4S/c1-16(2)13-26-23(30)17(3)27(14-18-8-5-6-11-21(18)25)22(29)15-28(33(4,31)32)20-10-7-9-19(24)12-20/h5-12,16-17H,13-15H2,1-4H3,(H,26,30). The average molecular weight is 498 g/mol. The summed E-state index contributed by atoms with van der Waals surface area (Å²) >= 11 is 6.00. The number of amides is 2. The molecule has 0 radical (unpaired) electrons. The molecule has 0 fully saturated rings. The molecule has 2 aromatic carbocycles. The first-order valence-corrected chi connectivity index (χ1v) is 12.7. The van der Waals surface area contributed by atoms with Crippen LogP contribution in [0, 0.1) is 11.7 Å². The van der Waals surface area contributed by atoms with Crippen molar-refractivity contribution in [1.82, 2.24) is 10.2 Å². The Morgan fingerprint density at radius 3 is 2.33 bits per heavy atom. The molecule has 0 heterocycles. The van der Waals surface area contributed by atoms with Crippen LogP contribution >= 0.6 is 11.6 Å². The summed E-state index contributed by atoms with van der Waals surface area (Å²) in [4.78, 5) is 27.2. The topological polar surface area (TPSA) is 86.8 Å². The number of carbonyl (C=O) groups is 2. The molecule has 0 aliphatic heterocycles. The Balaban J connectivity index is 2.38. The summed E-state index contributed by atoms with van der Waals surface area (Å²) in [6.45, 7) is 5.02. The lowest BCUT2D eigenvalue weighted by Gasteiger charge is -2.31. The van der Waals surface area contributed by atoms with Gasteiger partial charge in [0.1, 0.15) is 18.4 Å². The molecule has 33 heavy (non-hydrogen) atoms. The van der Waals surface area contributed by atoms with Crippen molar-refractivity contribution >= 4 is 39.1 Å². The van der Waals surface area contributed by atoms with E-state index in [0.29, 0.717) is 11.6 Å². The second kappa shape index (κ2) is 11.5. The Hall–Kier alpha value is -2.65. The van der Waals surface area contributed by atoms with Gasteiger partial charge < -0.3 is 10.2 Å². The van der Waals surface area contributed by atoms with Crippen molar-refractivity contribution in [1.29, 1.82) is 0 Å². The molecular formula is C23H29ClFN3O4S. The lowest BCUT2D eigenvalue weighted by atomic mass is 10.1. The summed E-state index contributed by atoms with van der Waals surface area (Å²) in [7, 11) is -3.86. The van der Waals surface area contributed by atoms with Gasteiger partial charge in [-0.2, -0.15) is 0 Å². The third-order valence-corrected chi connectivity index (χ3v) is 6.30. The summed E-state index contributed by atoms with van der Waals surface area (Å²) in [5.74, 6) is -1.40.